The maximum absolute atomic E-state index is 13.9. The van der Waals surface area contributed by atoms with Crippen LogP contribution in [0.1, 0.15) is 31.7 Å². The maximum Gasteiger partial charge on any atom is 0.295 e. The van der Waals surface area contributed by atoms with Crippen molar-refractivity contribution in [1.82, 2.24) is 14.7 Å². The van der Waals surface area contributed by atoms with Crippen molar-refractivity contribution in [2.75, 3.05) is 10.6 Å². The van der Waals surface area contributed by atoms with Gasteiger partial charge in [-0.15, -0.1) is 23.1 Å². The highest BCUT2D eigenvalue weighted by Gasteiger charge is 2.26. The first-order valence-corrected chi connectivity index (χ1v) is 17.4. The third-order valence-corrected chi connectivity index (χ3v) is 9.95. The highest BCUT2D eigenvalue weighted by Crippen LogP contribution is 2.37. The van der Waals surface area contributed by atoms with Crippen LogP contribution in [0.3, 0.4) is 0 Å². The first kappa shape index (κ1) is 34.0. The summed E-state index contributed by atoms with van der Waals surface area (Å²) in [6.45, 7) is 1.79. The molecule has 0 radical (unpaired) electrons. The Bertz CT molecular complexity index is 2190. The van der Waals surface area contributed by atoms with Crippen LogP contribution in [0.2, 0.25) is 0 Å². The number of nitrogens with zero attached hydrogens (tertiary/aromatic N) is 2. The zero-order valence-electron chi connectivity index (χ0n) is 27.2. The average Bonchev–Trinajstić information content (AvgIpc) is 3.74. The number of rotatable bonds is 11. The third kappa shape index (κ3) is 7.86. The molecule has 0 fully saturated rings. The fraction of sp³-hybridized carbons (Fsp3) is 0.0769. The van der Waals surface area contributed by atoms with Crippen LogP contribution >= 0.6 is 23.1 Å². The average molecular weight is 700 g/mol. The normalized spacial score (nSPS) is 11.8. The Hall–Kier alpha value is -5.91. The number of para-hydroxylation sites is 1. The molecule has 4 aromatic carbocycles. The molecule has 0 saturated carbocycles. The van der Waals surface area contributed by atoms with Crippen LogP contribution in [0.25, 0.3) is 11.8 Å². The third-order valence-electron chi connectivity index (χ3n) is 7.87. The number of anilines is 2. The zero-order chi connectivity index (χ0) is 35.0. The van der Waals surface area contributed by atoms with Crippen molar-refractivity contribution < 1.29 is 14.4 Å². The first-order valence-electron chi connectivity index (χ1n) is 15.7. The van der Waals surface area contributed by atoms with Gasteiger partial charge in [0.25, 0.3) is 17.4 Å². The first-order chi connectivity index (χ1) is 24.3. The van der Waals surface area contributed by atoms with Gasteiger partial charge < -0.3 is 16.0 Å². The van der Waals surface area contributed by atoms with Crippen molar-refractivity contribution in [3.63, 3.8) is 0 Å². The lowest BCUT2D eigenvalue weighted by Crippen LogP contribution is -2.30. The van der Waals surface area contributed by atoms with Crippen LogP contribution in [0.4, 0.5) is 11.4 Å². The van der Waals surface area contributed by atoms with E-state index >= 15 is 0 Å². The number of hydrogen-bond acceptors (Lipinski definition) is 6. The fourth-order valence-corrected chi connectivity index (χ4v) is 6.89. The molecule has 50 heavy (non-hydrogen) atoms. The Morgan fingerprint density at radius 3 is 2.06 bits per heavy atom. The van der Waals surface area contributed by atoms with Gasteiger partial charge in [0.1, 0.15) is 16.6 Å². The molecule has 0 aliphatic carbocycles. The molecule has 0 bridgehead atoms. The molecule has 6 rings (SSSR count). The lowest BCUT2D eigenvalue weighted by atomic mass is 10.1. The van der Waals surface area contributed by atoms with Crippen molar-refractivity contribution in [3.8, 4) is 5.69 Å². The molecule has 0 aliphatic rings. The van der Waals surface area contributed by atoms with Gasteiger partial charge in [-0.2, -0.15) is 0 Å². The Kier molecular flexibility index (Phi) is 10.6. The quantitative estimate of drug-likeness (QED) is 0.0962. The number of hydrogen-bond donors (Lipinski definition) is 3. The molecular formula is C39H33N5O4S2. The lowest BCUT2D eigenvalue weighted by molar-refractivity contribution is -0.116. The number of thioether (sulfide) groups is 1. The Labute approximate surface area is 297 Å². The molecule has 3 amide bonds. The van der Waals surface area contributed by atoms with Crippen molar-refractivity contribution in [2.24, 2.45) is 7.05 Å². The molecule has 0 spiro atoms. The van der Waals surface area contributed by atoms with E-state index < -0.39 is 17.1 Å². The number of carbonyl (C=O) groups is 3. The van der Waals surface area contributed by atoms with Crippen molar-refractivity contribution in [3.05, 3.63) is 171 Å². The Morgan fingerprint density at radius 1 is 0.780 bits per heavy atom. The van der Waals surface area contributed by atoms with Gasteiger partial charge in [-0.05, 0) is 78.5 Å². The van der Waals surface area contributed by atoms with Gasteiger partial charge in [0.2, 0.25) is 5.91 Å². The van der Waals surface area contributed by atoms with Gasteiger partial charge in [-0.1, -0.05) is 72.8 Å². The molecule has 2 aromatic heterocycles. The molecule has 2 heterocycles. The van der Waals surface area contributed by atoms with Crippen molar-refractivity contribution in [1.29, 1.82) is 0 Å². The number of thiophene rings is 1. The van der Waals surface area contributed by atoms with Crippen LogP contribution in [0, 0.1) is 6.92 Å². The van der Waals surface area contributed by atoms with E-state index in [9.17, 15) is 19.2 Å². The van der Waals surface area contributed by atoms with Gasteiger partial charge in [0.15, 0.2) is 0 Å². The van der Waals surface area contributed by atoms with E-state index in [1.807, 2.05) is 96.4 Å². The lowest BCUT2D eigenvalue weighted by Gasteiger charge is -2.17. The Morgan fingerprint density at radius 2 is 1.42 bits per heavy atom. The summed E-state index contributed by atoms with van der Waals surface area (Å²) >= 11 is 2.77. The minimum Gasteiger partial charge on any atom is -0.321 e. The minimum atomic E-state index is -0.686. The van der Waals surface area contributed by atoms with Gasteiger partial charge in [0, 0.05) is 28.1 Å². The second-order valence-electron chi connectivity index (χ2n) is 11.2. The monoisotopic (exact) mass is 699 g/mol. The number of nitrogens with one attached hydrogen (secondary N) is 3. The molecule has 1 atom stereocenters. The van der Waals surface area contributed by atoms with Crippen LogP contribution in [0.5, 0.6) is 0 Å². The molecular weight excluding hydrogens is 667 g/mol. The molecule has 250 valence electrons. The number of amides is 3. The van der Waals surface area contributed by atoms with E-state index in [1.165, 1.54) is 27.8 Å². The van der Waals surface area contributed by atoms with Crippen molar-refractivity contribution >= 4 is 58.3 Å². The van der Waals surface area contributed by atoms with Crippen LogP contribution in [-0.2, 0) is 16.6 Å². The second-order valence-corrected chi connectivity index (χ2v) is 13.4. The predicted octanol–water partition coefficient (Wildman–Crippen LogP) is 7.43. The highest BCUT2D eigenvalue weighted by molar-refractivity contribution is 8.00. The summed E-state index contributed by atoms with van der Waals surface area (Å²) in [5, 5.41) is 9.73. The van der Waals surface area contributed by atoms with Gasteiger partial charge in [-0.3, -0.25) is 23.9 Å². The van der Waals surface area contributed by atoms with Crippen LogP contribution in [0.15, 0.2) is 148 Å². The van der Waals surface area contributed by atoms with Crippen LogP contribution in [-0.4, -0.2) is 27.1 Å². The van der Waals surface area contributed by atoms with E-state index in [-0.39, 0.29) is 22.9 Å². The number of carbonyl (C=O) groups excluding carboxylic acids is 3. The highest BCUT2D eigenvalue weighted by atomic mass is 32.2. The summed E-state index contributed by atoms with van der Waals surface area (Å²) in [5.41, 5.74) is 3.01. The fourth-order valence-electron chi connectivity index (χ4n) is 5.21. The summed E-state index contributed by atoms with van der Waals surface area (Å²) in [6, 6.07) is 38.1. The largest absolute Gasteiger partial charge is 0.321 e. The van der Waals surface area contributed by atoms with E-state index in [2.05, 4.69) is 16.0 Å². The zero-order valence-corrected chi connectivity index (χ0v) is 28.8. The summed E-state index contributed by atoms with van der Waals surface area (Å²) in [7, 11) is 1.78. The summed E-state index contributed by atoms with van der Waals surface area (Å²) in [6.07, 6.45) is 1.64. The smallest absolute Gasteiger partial charge is 0.295 e. The van der Waals surface area contributed by atoms with Gasteiger partial charge in [-0.25, -0.2) is 4.68 Å². The van der Waals surface area contributed by atoms with Gasteiger partial charge in [0.05, 0.1) is 11.4 Å². The van der Waals surface area contributed by atoms with E-state index in [0.717, 1.165) is 15.3 Å². The standard InChI is InChI=1S/C39H33N5O4S2/c1-26-34(39(48)44(43(26)2)30-17-10-5-11-18-30)42-38(47)35(27-13-6-3-7-14-27)50-31-22-20-29(21-23-31)40-37(46)33(25-32-19-12-24-49-32)41-36(45)28-15-8-4-9-16-28/h3-25,35H,1-2H3,(H,40,46)(H,41,45)(H,42,47)/b33-25-. The second kappa shape index (κ2) is 15.5. The van der Waals surface area contributed by atoms with Gasteiger partial charge >= 0.3 is 0 Å². The SMILES string of the molecule is Cc1c(NC(=O)C(Sc2ccc(NC(=O)/C(=C/c3cccs3)NC(=O)c3ccccc3)cc2)c2ccccc2)c(=O)n(-c2ccccc2)n1C. The molecule has 9 nitrogen and oxygen atoms in total. The molecule has 3 N–H and O–H groups in total. The minimum absolute atomic E-state index is 0.100. The number of aromatic nitrogens is 2. The molecule has 1 unspecified atom stereocenters. The topological polar surface area (TPSA) is 114 Å². The predicted molar refractivity (Wildman–Crippen MR) is 201 cm³/mol. The summed E-state index contributed by atoms with van der Waals surface area (Å²) < 4.78 is 3.25. The molecule has 11 heteroatoms. The Balaban J connectivity index is 1.20. The molecule has 6 aromatic rings. The van der Waals surface area contributed by atoms with E-state index in [0.29, 0.717) is 22.6 Å². The van der Waals surface area contributed by atoms with Crippen LogP contribution < -0.4 is 21.5 Å². The summed E-state index contributed by atoms with van der Waals surface area (Å²) in [5.74, 6) is -1.23. The number of benzene rings is 4. The molecule has 0 saturated heterocycles. The molecule has 0 aliphatic heterocycles. The van der Waals surface area contributed by atoms with E-state index in [4.69, 9.17) is 0 Å². The maximum atomic E-state index is 13.9. The van der Waals surface area contributed by atoms with E-state index in [1.54, 1.807) is 61.1 Å². The summed E-state index contributed by atoms with van der Waals surface area (Å²) in [4.78, 5) is 55.3. The van der Waals surface area contributed by atoms with Crippen molar-refractivity contribution in [2.45, 2.75) is 17.1 Å².